The Hall–Kier alpha value is -3.10. The summed E-state index contributed by atoms with van der Waals surface area (Å²) in [5.74, 6) is 0.122. The van der Waals surface area contributed by atoms with Crippen molar-refractivity contribution in [1.29, 1.82) is 0 Å². The summed E-state index contributed by atoms with van der Waals surface area (Å²) in [6.07, 6.45) is 2.00. The Labute approximate surface area is 192 Å². The van der Waals surface area contributed by atoms with Crippen molar-refractivity contribution in [2.45, 2.75) is 38.4 Å². The Morgan fingerprint density at radius 1 is 1.06 bits per heavy atom. The lowest BCUT2D eigenvalue weighted by molar-refractivity contribution is -0.133. The normalized spacial score (nSPS) is 13.6. The molecule has 0 radical (unpaired) electrons. The van der Waals surface area contributed by atoms with Gasteiger partial charge < -0.3 is 13.7 Å². The molecule has 2 aromatic carbocycles. The van der Waals surface area contributed by atoms with Crippen molar-refractivity contribution >= 4 is 40.2 Å². The van der Waals surface area contributed by atoms with Crippen molar-refractivity contribution in [1.82, 2.24) is 19.7 Å². The molecule has 0 saturated heterocycles. The first-order valence-corrected chi connectivity index (χ1v) is 10.9. The highest BCUT2D eigenvalue weighted by molar-refractivity contribution is 6.31. The van der Waals surface area contributed by atoms with E-state index in [1.807, 2.05) is 0 Å². The van der Waals surface area contributed by atoms with E-state index in [4.69, 9.17) is 32.0 Å². The molecule has 32 heavy (non-hydrogen) atoms. The molecule has 10 heteroatoms. The molecule has 5 rings (SSSR count). The summed E-state index contributed by atoms with van der Waals surface area (Å²) >= 11 is 11.9. The summed E-state index contributed by atoms with van der Waals surface area (Å²) in [5.41, 5.74) is 1.76. The van der Waals surface area contributed by atoms with E-state index in [2.05, 4.69) is 10.2 Å². The van der Waals surface area contributed by atoms with Gasteiger partial charge in [0.15, 0.2) is 5.58 Å². The first kappa shape index (κ1) is 20.8. The van der Waals surface area contributed by atoms with Crippen LogP contribution in [0.3, 0.4) is 0 Å². The van der Waals surface area contributed by atoms with E-state index in [0.29, 0.717) is 32.9 Å². The van der Waals surface area contributed by atoms with Crippen LogP contribution in [0, 0.1) is 0 Å². The molecule has 0 aliphatic heterocycles. The number of amides is 1. The third-order valence-electron chi connectivity index (χ3n) is 5.35. The van der Waals surface area contributed by atoms with Crippen LogP contribution in [-0.2, 0) is 17.9 Å². The zero-order chi connectivity index (χ0) is 22.2. The summed E-state index contributed by atoms with van der Waals surface area (Å²) in [7, 11) is 0. The number of hydrogen-bond acceptors (Lipinski definition) is 6. The minimum atomic E-state index is -0.516. The molecule has 0 bridgehead atoms. The third kappa shape index (κ3) is 4.28. The fraction of sp³-hybridized carbons (Fsp3) is 0.273. The molecule has 1 aliphatic carbocycles. The number of rotatable bonds is 7. The number of aryl methyl sites for hydroxylation is 1. The number of carbonyl (C=O) groups is 1. The molecular weight excluding hydrogens is 455 g/mol. The average molecular weight is 473 g/mol. The third-order valence-corrected chi connectivity index (χ3v) is 5.84. The van der Waals surface area contributed by atoms with Gasteiger partial charge in [0.1, 0.15) is 0 Å². The standard InChI is InChI=1S/C22H18Cl2N4O4/c23-14-3-1-13(2-4-14)21-26-25-19(32-21)12-28(16-6-7-16)20(29)9-10-27-17-8-5-15(24)11-18(17)31-22(27)30/h1-5,8,11,16H,6-7,9-10,12H2. The number of fused-ring (bicyclic) bond motifs is 1. The van der Waals surface area contributed by atoms with Gasteiger partial charge in [-0.2, -0.15) is 0 Å². The van der Waals surface area contributed by atoms with Crippen LogP contribution in [0.15, 0.2) is 56.1 Å². The van der Waals surface area contributed by atoms with E-state index in [-0.39, 0.29) is 31.5 Å². The molecular formula is C22H18Cl2N4O4. The Morgan fingerprint density at radius 3 is 2.56 bits per heavy atom. The molecule has 4 aromatic rings. The fourth-order valence-electron chi connectivity index (χ4n) is 3.58. The van der Waals surface area contributed by atoms with Crippen LogP contribution in [-0.4, -0.2) is 31.6 Å². The molecule has 2 aromatic heterocycles. The first-order valence-electron chi connectivity index (χ1n) is 10.1. The van der Waals surface area contributed by atoms with Gasteiger partial charge in [-0.05, 0) is 49.2 Å². The van der Waals surface area contributed by atoms with Gasteiger partial charge in [0, 0.05) is 40.7 Å². The number of aromatic nitrogens is 3. The SMILES string of the molecule is O=C(CCn1c(=O)oc2cc(Cl)ccc21)N(Cc1nnc(-c2ccc(Cl)cc2)o1)C1CC1. The number of benzene rings is 2. The van der Waals surface area contributed by atoms with Gasteiger partial charge in [0.25, 0.3) is 0 Å². The van der Waals surface area contributed by atoms with Gasteiger partial charge in [-0.15, -0.1) is 10.2 Å². The van der Waals surface area contributed by atoms with Crippen molar-refractivity contribution in [3.8, 4) is 11.5 Å². The van der Waals surface area contributed by atoms with Gasteiger partial charge in [0.2, 0.25) is 17.7 Å². The second-order valence-electron chi connectivity index (χ2n) is 7.64. The van der Waals surface area contributed by atoms with Crippen molar-refractivity contribution in [2.24, 2.45) is 0 Å². The number of hydrogen-bond donors (Lipinski definition) is 0. The largest absolute Gasteiger partial charge is 0.419 e. The van der Waals surface area contributed by atoms with Crippen molar-refractivity contribution in [3.63, 3.8) is 0 Å². The molecule has 1 saturated carbocycles. The highest BCUT2D eigenvalue weighted by atomic mass is 35.5. The Morgan fingerprint density at radius 2 is 1.81 bits per heavy atom. The maximum absolute atomic E-state index is 13.0. The van der Waals surface area contributed by atoms with Gasteiger partial charge >= 0.3 is 5.76 Å². The van der Waals surface area contributed by atoms with E-state index in [9.17, 15) is 9.59 Å². The predicted octanol–water partition coefficient (Wildman–Crippen LogP) is 4.53. The van der Waals surface area contributed by atoms with Crippen LogP contribution >= 0.6 is 23.2 Å². The predicted molar refractivity (Wildman–Crippen MR) is 118 cm³/mol. The Balaban J connectivity index is 1.29. The second-order valence-corrected chi connectivity index (χ2v) is 8.52. The minimum absolute atomic E-state index is 0.0889. The van der Waals surface area contributed by atoms with Crippen LogP contribution in [0.1, 0.15) is 25.2 Å². The zero-order valence-electron chi connectivity index (χ0n) is 16.8. The second kappa shape index (κ2) is 8.44. The Bertz CT molecular complexity index is 1340. The van der Waals surface area contributed by atoms with Gasteiger partial charge in [0.05, 0.1) is 12.1 Å². The smallest absolute Gasteiger partial charge is 0.419 e. The van der Waals surface area contributed by atoms with Crippen LogP contribution in [0.25, 0.3) is 22.6 Å². The van der Waals surface area contributed by atoms with E-state index < -0.39 is 5.76 Å². The lowest BCUT2D eigenvalue weighted by Crippen LogP contribution is -2.33. The number of nitrogens with zero attached hydrogens (tertiary/aromatic N) is 4. The molecule has 164 valence electrons. The maximum Gasteiger partial charge on any atom is 0.419 e. The van der Waals surface area contributed by atoms with Crippen LogP contribution in [0.2, 0.25) is 10.0 Å². The first-order chi connectivity index (χ1) is 15.5. The van der Waals surface area contributed by atoms with E-state index in [1.54, 1.807) is 47.4 Å². The van der Waals surface area contributed by atoms with Gasteiger partial charge in [-0.25, -0.2) is 4.79 Å². The topological polar surface area (TPSA) is 94.4 Å². The fourth-order valence-corrected chi connectivity index (χ4v) is 3.87. The van der Waals surface area contributed by atoms with Crippen molar-refractivity contribution in [2.75, 3.05) is 0 Å². The molecule has 1 fully saturated rings. The van der Waals surface area contributed by atoms with E-state index in [1.165, 1.54) is 4.57 Å². The number of carbonyl (C=O) groups excluding carboxylic acids is 1. The molecule has 8 nitrogen and oxygen atoms in total. The monoisotopic (exact) mass is 472 g/mol. The van der Waals surface area contributed by atoms with Crippen LogP contribution in [0.5, 0.6) is 0 Å². The minimum Gasteiger partial charge on any atom is -0.419 e. The van der Waals surface area contributed by atoms with E-state index >= 15 is 0 Å². The molecule has 1 aliphatic rings. The van der Waals surface area contributed by atoms with Crippen LogP contribution < -0.4 is 5.76 Å². The summed E-state index contributed by atoms with van der Waals surface area (Å²) in [6.45, 7) is 0.427. The lowest BCUT2D eigenvalue weighted by Gasteiger charge is -2.20. The molecule has 0 spiro atoms. The zero-order valence-corrected chi connectivity index (χ0v) is 18.3. The molecule has 2 heterocycles. The summed E-state index contributed by atoms with van der Waals surface area (Å²) < 4.78 is 12.4. The summed E-state index contributed by atoms with van der Waals surface area (Å²) in [4.78, 5) is 26.9. The quantitative estimate of drug-likeness (QED) is 0.392. The maximum atomic E-state index is 13.0. The molecule has 1 amide bonds. The highest BCUT2D eigenvalue weighted by Gasteiger charge is 2.33. The number of halogens is 2. The van der Waals surface area contributed by atoms with E-state index in [0.717, 1.165) is 18.4 Å². The molecule has 0 atom stereocenters. The van der Waals surface area contributed by atoms with Gasteiger partial charge in [-0.1, -0.05) is 23.2 Å². The summed E-state index contributed by atoms with van der Waals surface area (Å²) in [6, 6.07) is 12.2. The highest BCUT2D eigenvalue weighted by Crippen LogP contribution is 2.30. The van der Waals surface area contributed by atoms with Crippen LogP contribution in [0.4, 0.5) is 0 Å². The molecule has 0 unspecified atom stereocenters. The van der Waals surface area contributed by atoms with Crippen molar-refractivity contribution < 1.29 is 13.6 Å². The molecule has 0 N–H and O–H groups in total. The summed E-state index contributed by atoms with van der Waals surface area (Å²) in [5, 5.41) is 9.27. The Kier molecular flexibility index (Phi) is 5.48. The average Bonchev–Trinajstić information content (AvgIpc) is 3.42. The van der Waals surface area contributed by atoms with Gasteiger partial charge in [-0.3, -0.25) is 9.36 Å². The lowest BCUT2D eigenvalue weighted by atomic mass is 10.2. The number of oxazole rings is 1. The van der Waals surface area contributed by atoms with Crippen molar-refractivity contribution in [3.05, 3.63) is 69.0 Å².